The lowest BCUT2D eigenvalue weighted by Gasteiger charge is -2.18. The Morgan fingerprint density at radius 2 is 2.22 bits per heavy atom. The molecule has 1 heterocycles. The van der Waals surface area contributed by atoms with Crippen LogP contribution >= 0.6 is 0 Å². The second-order valence-corrected chi connectivity index (χ2v) is 4.30. The highest BCUT2D eigenvalue weighted by Gasteiger charge is 2.12. The van der Waals surface area contributed by atoms with Gasteiger partial charge in [-0.1, -0.05) is 0 Å². The molecule has 0 unspecified atom stereocenters. The quantitative estimate of drug-likeness (QED) is 0.727. The highest BCUT2D eigenvalue weighted by Crippen LogP contribution is 2.05. The van der Waals surface area contributed by atoms with E-state index in [-0.39, 0.29) is 24.0 Å². The largest absolute Gasteiger partial charge is 0.469 e. The first-order chi connectivity index (χ1) is 8.47. The van der Waals surface area contributed by atoms with E-state index in [2.05, 4.69) is 9.72 Å². The molecule has 0 fully saturated rings. The van der Waals surface area contributed by atoms with Crippen LogP contribution in [-0.2, 0) is 9.53 Å². The van der Waals surface area contributed by atoms with E-state index in [0.717, 1.165) is 0 Å². The summed E-state index contributed by atoms with van der Waals surface area (Å²) in [7, 11) is 3.08. The number of carbonyl (C=O) groups is 1. The van der Waals surface area contributed by atoms with E-state index in [4.69, 9.17) is 0 Å². The van der Waals surface area contributed by atoms with Crippen LogP contribution in [0.2, 0.25) is 0 Å². The first-order valence-corrected chi connectivity index (χ1v) is 5.82. The third-order valence-electron chi connectivity index (χ3n) is 2.65. The molecule has 0 aliphatic carbocycles. The average molecular weight is 253 g/mol. The maximum Gasteiger partial charge on any atom is 0.307 e. The Bertz CT molecular complexity index is 468. The Hall–Kier alpha value is -1.85. The van der Waals surface area contributed by atoms with Gasteiger partial charge in [0.05, 0.1) is 13.5 Å². The van der Waals surface area contributed by atoms with Crippen molar-refractivity contribution in [1.29, 1.82) is 0 Å². The molecule has 0 aromatic carbocycles. The summed E-state index contributed by atoms with van der Waals surface area (Å²) in [4.78, 5) is 28.9. The Labute approximate surface area is 106 Å². The van der Waals surface area contributed by atoms with Gasteiger partial charge in [0, 0.05) is 32.0 Å². The van der Waals surface area contributed by atoms with Gasteiger partial charge in [-0.2, -0.15) is 0 Å². The Morgan fingerprint density at radius 3 is 2.78 bits per heavy atom. The number of rotatable bonds is 5. The summed E-state index contributed by atoms with van der Waals surface area (Å²) in [5.74, 6) is 0.0390. The van der Waals surface area contributed by atoms with Gasteiger partial charge in [-0.05, 0) is 13.8 Å². The number of aromatic nitrogens is 2. The predicted octanol–water partition coefficient (Wildman–Crippen LogP) is 0.823. The van der Waals surface area contributed by atoms with Gasteiger partial charge in [0.1, 0.15) is 0 Å². The van der Waals surface area contributed by atoms with Gasteiger partial charge in [0.15, 0.2) is 5.82 Å². The van der Waals surface area contributed by atoms with E-state index in [1.165, 1.54) is 7.11 Å². The molecule has 0 saturated carbocycles. The van der Waals surface area contributed by atoms with Crippen LogP contribution in [0.5, 0.6) is 0 Å². The number of ether oxygens (including phenoxy) is 1. The second kappa shape index (κ2) is 6.18. The number of carbonyl (C=O) groups excluding carboxylic acids is 1. The summed E-state index contributed by atoms with van der Waals surface area (Å²) in [6, 6.07) is 0.0771. The summed E-state index contributed by atoms with van der Waals surface area (Å²) in [5, 5.41) is 0. The van der Waals surface area contributed by atoms with Gasteiger partial charge >= 0.3 is 5.97 Å². The van der Waals surface area contributed by atoms with Gasteiger partial charge < -0.3 is 14.2 Å². The molecule has 0 atom stereocenters. The molecule has 0 N–H and O–H groups in total. The van der Waals surface area contributed by atoms with Gasteiger partial charge in [-0.25, -0.2) is 4.98 Å². The molecular formula is C12H19N3O3. The monoisotopic (exact) mass is 253 g/mol. The summed E-state index contributed by atoms with van der Waals surface area (Å²) in [6.07, 6.45) is 3.47. The second-order valence-electron chi connectivity index (χ2n) is 4.30. The molecule has 0 aliphatic rings. The molecule has 6 heteroatoms. The number of anilines is 1. The molecule has 0 radical (unpaired) electrons. The maximum atomic E-state index is 12.1. The SMILES string of the molecule is COC(=O)CCN(C)c1nccn(C(C)C)c1=O. The molecule has 0 bridgehead atoms. The van der Waals surface area contributed by atoms with E-state index in [1.54, 1.807) is 28.9 Å². The van der Waals surface area contributed by atoms with Crippen molar-refractivity contribution >= 4 is 11.8 Å². The van der Waals surface area contributed by atoms with E-state index in [0.29, 0.717) is 12.4 Å². The molecule has 1 rings (SSSR count). The van der Waals surface area contributed by atoms with E-state index < -0.39 is 0 Å². The standard InChI is InChI=1S/C12H19N3O3/c1-9(2)15-8-6-13-11(12(15)17)14(3)7-5-10(16)18-4/h6,8-9H,5,7H2,1-4H3. The Balaban J connectivity index is 2.86. The van der Waals surface area contributed by atoms with Crippen LogP contribution in [0.25, 0.3) is 0 Å². The van der Waals surface area contributed by atoms with Crippen LogP contribution in [0.4, 0.5) is 5.82 Å². The van der Waals surface area contributed by atoms with E-state index >= 15 is 0 Å². The lowest BCUT2D eigenvalue weighted by molar-refractivity contribution is -0.140. The molecule has 6 nitrogen and oxygen atoms in total. The van der Waals surface area contributed by atoms with Crippen LogP contribution in [0, 0.1) is 0 Å². The van der Waals surface area contributed by atoms with Crippen LogP contribution < -0.4 is 10.5 Å². The van der Waals surface area contributed by atoms with Crippen molar-refractivity contribution in [2.45, 2.75) is 26.3 Å². The normalized spacial score (nSPS) is 10.5. The summed E-state index contributed by atoms with van der Waals surface area (Å²) < 4.78 is 6.17. The maximum absolute atomic E-state index is 12.1. The molecule has 18 heavy (non-hydrogen) atoms. The minimum Gasteiger partial charge on any atom is -0.469 e. The fraction of sp³-hybridized carbons (Fsp3) is 0.583. The molecule has 100 valence electrons. The highest BCUT2D eigenvalue weighted by atomic mass is 16.5. The molecule has 1 aromatic rings. The van der Waals surface area contributed by atoms with Crippen molar-refractivity contribution in [1.82, 2.24) is 9.55 Å². The lowest BCUT2D eigenvalue weighted by atomic mass is 10.3. The van der Waals surface area contributed by atoms with Crippen LogP contribution in [0.15, 0.2) is 17.2 Å². The lowest BCUT2D eigenvalue weighted by Crippen LogP contribution is -2.32. The van der Waals surface area contributed by atoms with Crippen LogP contribution in [-0.4, -0.2) is 36.2 Å². The zero-order chi connectivity index (χ0) is 13.7. The molecule has 0 saturated heterocycles. The van der Waals surface area contributed by atoms with Crippen molar-refractivity contribution in [2.75, 3.05) is 25.6 Å². The molecule has 0 amide bonds. The van der Waals surface area contributed by atoms with E-state index in [1.807, 2.05) is 13.8 Å². The summed E-state index contributed by atoms with van der Waals surface area (Å²) >= 11 is 0. The molecule has 1 aromatic heterocycles. The zero-order valence-electron chi connectivity index (χ0n) is 11.2. The molecular weight excluding hydrogens is 234 g/mol. The fourth-order valence-electron chi connectivity index (χ4n) is 1.55. The fourth-order valence-corrected chi connectivity index (χ4v) is 1.55. The van der Waals surface area contributed by atoms with Gasteiger partial charge in [0.25, 0.3) is 5.56 Å². The van der Waals surface area contributed by atoms with Crippen LogP contribution in [0.1, 0.15) is 26.3 Å². The van der Waals surface area contributed by atoms with Crippen molar-refractivity contribution in [3.63, 3.8) is 0 Å². The van der Waals surface area contributed by atoms with E-state index in [9.17, 15) is 9.59 Å². The van der Waals surface area contributed by atoms with Crippen molar-refractivity contribution < 1.29 is 9.53 Å². The summed E-state index contributed by atoms with van der Waals surface area (Å²) in [5.41, 5.74) is -0.153. The highest BCUT2D eigenvalue weighted by molar-refractivity contribution is 5.69. The zero-order valence-corrected chi connectivity index (χ0v) is 11.2. The number of esters is 1. The van der Waals surface area contributed by atoms with Gasteiger partial charge in [-0.3, -0.25) is 9.59 Å². The van der Waals surface area contributed by atoms with Gasteiger partial charge in [0.2, 0.25) is 0 Å². The number of hydrogen-bond acceptors (Lipinski definition) is 5. The topological polar surface area (TPSA) is 64.4 Å². The van der Waals surface area contributed by atoms with Gasteiger partial charge in [-0.15, -0.1) is 0 Å². The number of methoxy groups -OCH3 is 1. The molecule has 0 spiro atoms. The first-order valence-electron chi connectivity index (χ1n) is 5.82. The smallest absolute Gasteiger partial charge is 0.307 e. The van der Waals surface area contributed by atoms with Crippen molar-refractivity contribution in [2.24, 2.45) is 0 Å². The van der Waals surface area contributed by atoms with Crippen LogP contribution in [0.3, 0.4) is 0 Å². The van der Waals surface area contributed by atoms with Crippen molar-refractivity contribution in [3.05, 3.63) is 22.7 Å². The molecule has 0 aliphatic heterocycles. The average Bonchev–Trinajstić information content (AvgIpc) is 2.35. The number of nitrogens with zero attached hydrogens (tertiary/aromatic N) is 3. The minimum atomic E-state index is -0.304. The third-order valence-corrected chi connectivity index (χ3v) is 2.65. The van der Waals surface area contributed by atoms with Crippen molar-refractivity contribution in [3.8, 4) is 0 Å². The Morgan fingerprint density at radius 1 is 1.56 bits per heavy atom. The first kappa shape index (κ1) is 14.2. The number of hydrogen-bond donors (Lipinski definition) is 0. The third kappa shape index (κ3) is 3.32. The minimum absolute atomic E-state index is 0.0771. The predicted molar refractivity (Wildman–Crippen MR) is 68.8 cm³/mol. The summed E-state index contributed by atoms with van der Waals surface area (Å²) in [6.45, 7) is 4.26. The Kier molecular flexibility index (Phi) is 4.88.